The van der Waals surface area contributed by atoms with E-state index in [0.29, 0.717) is 12.6 Å². The number of methoxy groups -OCH3 is 1. The second kappa shape index (κ2) is 8.58. The lowest BCUT2D eigenvalue weighted by atomic mass is 9.86. The number of aromatic nitrogens is 1. The molecule has 26 heavy (non-hydrogen) atoms. The van der Waals surface area contributed by atoms with Gasteiger partial charge in [0.05, 0.1) is 18.4 Å². The van der Waals surface area contributed by atoms with Gasteiger partial charge in [-0.2, -0.15) is 0 Å². The lowest BCUT2D eigenvalue weighted by Gasteiger charge is -2.29. The molecule has 3 rings (SSSR count). The maximum absolute atomic E-state index is 5.96. The van der Waals surface area contributed by atoms with E-state index in [1.807, 2.05) is 19.9 Å². The minimum absolute atomic E-state index is 0.425. The van der Waals surface area contributed by atoms with Crippen molar-refractivity contribution in [1.82, 2.24) is 10.5 Å². The van der Waals surface area contributed by atoms with Crippen LogP contribution in [0.4, 0.5) is 0 Å². The van der Waals surface area contributed by atoms with E-state index in [4.69, 9.17) is 14.0 Å². The van der Waals surface area contributed by atoms with Gasteiger partial charge in [0.2, 0.25) is 0 Å². The van der Waals surface area contributed by atoms with E-state index in [0.717, 1.165) is 41.0 Å². The summed E-state index contributed by atoms with van der Waals surface area (Å²) in [6.07, 6.45) is 5.30. The smallest absolute Gasteiger partial charge is 0.161 e. The maximum Gasteiger partial charge on any atom is 0.161 e. The van der Waals surface area contributed by atoms with Gasteiger partial charge in [-0.15, -0.1) is 0 Å². The lowest BCUT2D eigenvalue weighted by molar-refractivity contribution is 0.277. The van der Waals surface area contributed by atoms with Crippen molar-refractivity contribution in [2.45, 2.75) is 65.6 Å². The van der Waals surface area contributed by atoms with Crippen molar-refractivity contribution in [3.8, 4) is 11.5 Å². The summed E-state index contributed by atoms with van der Waals surface area (Å²) >= 11 is 0. The standard InChI is InChI=1S/C21H30N2O3/c1-14-7-5-6-8-19(14)22-12-17-9-10-20(21(11-17)24-4)25-13-18-15(2)23-26-16(18)3/h9-11,14,19,22H,5-8,12-13H2,1-4H3/t14-,19+/m0/s1. The Hall–Kier alpha value is -2.01. The van der Waals surface area contributed by atoms with Crippen molar-refractivity contribution in [3.63, 3.8) is 0 Å². The van der Waals surface area contributed by atoms with Crippen LogP contribution in [0.1, 0.15) is 55.2 Å². The molecule has 5 nitrogen and oxygen atoms in total. The van der Waals surface area contributed by atoms with Gasteiger partial charge in [0.1, 0.15) is 12.4 Å². The fraction of sp³-hybridized carbons (Fsp3) is 0.571. The van der Waals surface area contributed by atoms with Crippen LogP contribution in [0.5, 0.6) is 11.5 Å². The molecule has 1 aromatic carbocycles. The van der Waals surface area contributed by atoms with Crippen LogP contribution < -0.4 is 14.8 Å². The third kappa shape index (κ3) is 4.39. The number of aryl methyl sites for hydroxylation is 2. The van der Waals surface area contributed by atoms with Crippen LogP contribution in [0.15, 0.2) is 22.7 Å². The van der Waals surface area contributed by atoms with Crippen LogP contribution in [0, 0.1) is 19.8 Å². The summed E-state index contributed by atoms with van der Waals surface area (Å²) < 4.78 is 16.7. The Labute approximate surface area is 156 Å². The number of nitrogens with zero attached hydrogens (tertiary/aromatic N) is 1. The van der Waals surface area contributed by atoms with Gasteiger partial charge in [-0.3, -0.25) is 0 Å². The Balaban J connectivity index is 1.62. The lowest BCUT2D eigenvalue weighted by Crippen LogP contribution is -2.36. The van der Waals surface area contributed by atoms with E-state index in [1.54, 1.807) is 7.11 Å². The Morgan fingerprint density at radius 3 is 2.69 bits per heavy atom. The summed E-state index contributed by atoms with van der Waals surface area (Å²) in [5.41, 5.74) is 3.07. The maximum atomic E-state index is 5.96. The molecule has 0 spiro atoms. The van der Waals surface area contributed by atoms with Crippen LogP contribution in [0.25, 0.3) is 0 Å². The molecule has 2 atom stereocenters. The number of benzene rings is 1. The quantitative estimate of drug-likeness (QED) is 0.787. The van der Waals surface area contributed by atoms with E-state index in [9.17, 15) is 0 Å². The Bertz CT molecular complexity index is 707. The first-order chi connectivity index (χ1) is 12.6. The van der Waals surface area contributed by atoms with Crippen LogP contribution in [-0.2, 0) is 13.2 Å². The first-order valence-electron chi connectivity index (χ1n) is 9.53. The predicted octanol–water partition coefficient (Wildman–Crippen LogP) is 4.55. The topological polar surface area (TPSA) is 56.5 Å². The molecular formula is C21H30N2O3. The highest BCUT2D eigenvalue weighted by Gasteiger charge is 2.20. The van der Waals surface area contributed by atoms with Crippen LogP contribution in [0.2, 0.25) is 0 Å². The fourth-order valence-electron chi connectivity index (χ4n) is 3.67. The summed E-state index contributed by atoms with van der Waals surface area (Å²) in [4.78, 5) is 0. The number of rotatable bonds is 7. The predicted molar refractivity (Wildman–Crippen MR) is 102 cm³/mol. The normalized spacial score (nSPS) is 20.2. The largest absolute Gasteiger partial charge is 0.493 e. The molecule has 1 saturated carbocycles. The number of hydrogen-bond donors (Lipinski definition) is 1. The molecule has 5 heteroatoms. The molecule has 2 aromatic rings. The van der Waals surface area contributed by atoms with Gasteiger partial charge in [0.25, 0.3) is 0 Å². The number of hydrogen-bond acceptors (Lipinski definition) is 5. The second-order valence-corrected chi connectivity index (χ2v) is 7.33. The molecule has 142 valence electrons. The molecule has 0 bridgehead atoms. The molecule has 0 unspecified atom stereocenters. The summed E-state index contributed by atoms with van der Waals surface area (Å²) in [5.74, 6) is 3.04. The average molecular weight is 358 g/mol. The van der Waals surface area contributed by atoms with Crippen molar-refractivity contribution in [2.75, 3.05) is 7.11 Å². The van der Waals surface area contributed by atoms with Gasteiger partial charge in [-0.1, -0.05) is 31.0 Å². The van der Waals surface area contributed by atoms with Gasteiger partial charge < -0.3 is 19.3 Å². The third-order valence-corrected chi connectivity index (χ3v) is 5.46. The third-order valence-electron chi connectivity index (χ3n) is 5.46. The molecule has 0 amide bonds. The molecule has 1 aromatic heterocycles. The zero-order chi connectivity index (χ0) is 18.5. The molecule has 0 aliphatic heterocycles. The van der Waals surface area contributed by atoms with E-state index in [-0.39, 0.29) is 0 Å². The van der Waals surface area contributed by atoms with E-state index in [1.165, 1.54) is 31.2 Å². The summed E-state index contributed by atoms with van der Waals surface area (Å²) in [6, 6.07) is 6.76. The van der Waals surface area contributed by atoms with Crippen LogP contribution in [-0.4, -0.2) is 18.3 Å². The van der Waals surface area contributed by atoms with Crippen LogP contribution >= 0.6 is 0 Å². The molecular weight excluding hydrogens is 328 g/mol. The average Bonchev–Trinajstić information content (AvgIpc) is 2.97. The fourth-order valence-corrected chi connectivity index (χ4v) is 3.67. The highest BCUT2D eigenvalue weighted by molar-refractivity contribution is 5.43. The van der Waals surface area contributed by atoms with Gasteiger partial charge in [0, 0.05) is 12.6 Å². The molecule has 1 heterocycles. The second-order valence-electron chi connectivity index (χ2n) is 7.33. The van der Waals surface area contributed by atoms with E-state index >= 15 is 0 Å². The molecule has 1 fully saturated rings. The minimum atomic E-state index is 0.425. The van der Waals surface area contributed by atoms with Crippen molar-refractivity contribution >= 4 is 0 Å². The molecule has 0 saturated heterocycles. The first kappa shape index (κ1) is 18.8. The Morgan fingerprint density at radius 1 is 1.19 bits per heavy atom. The van der Waals surface area contributed by atoms with Crippen molar-refractivity contribution in [3.05, 3.63) is 40.8 Å². The van der Waals surface area contributed by atoms with Crippen LogP contribution in [0.3, 0.4) is 0 Å². The van der Waals surface area contributed by atoms with Crippen molar-refractivity contribution in [2.24, 2.45) is 5.92 Å². The first-order valence-corrected chi connectivity index (χ1v) is 9.53. The zero-order valence-electron chi connectivity index (χ0n) is 16.3. The highest BCUT2D eigenvalue weighted by Crippen LogP contribution is 2.30. The monoisotopic (exact) mass is 358 g/mol. The van der Waals surface area contributed by atoms with Crippen molar-refractivity contribution < 1.29 is 14.0 Å². The summed E-state index contributed by atoms with van der Waals surface area (Å²) in [6.45, 7) is 7.46. The SMILES string of the molecule is COc1cc(CN[C@@H]2CCCC[C@@H]2C)ccc1OCc1c(C)noc1C. The highest BCUT2D eigenvalue weighted by atomic mass is 16.5. The molecule has 1 N–H and O–H groups in total. The molecule has 0 radical (unpaired) electrons. The van der Waals surface area contributed by atoms with E-state index in [2.05, 4.69) is 29.5 Å². The number of nitrogens with one attached hydrogen (secondary N) is 1. The Morgan fingerprint density at radius 2 is 2.00 bits per heavy atom. The summed E-state index contributed by atoms with van der Waals surface area (Å²) in [7, 11) is 1.68. The summed E-state index contributed by atoms with van der Waals surface area (Å²) in [5, 5.41) is 7.68. The molecule has 1 aliphatic rings. The minimum Gasteiger partial charge on any atom is -0.493 e. The number of ether oxygens (including phenoxy) is 2. The van der Waals surface area contributed by atoms with Gasteiger partial charge in [-0.25, -0.2) is 0 Å². The zero-order valence-corrected chi connectivity index (χ0v) is 16.3. The molecule has 1 aliphatic carbocycles. The Kier molecular flexibility index (Phi) is 6.20. The van der Waals surface area contributed by atoms with Gasteiger partial charge in [0.15, 0.2) is 11.5 Å². The van der Waals surface area contributed by atoms with Gasteiger partial charge in [-0.05, 0) is 50.3 Å². The van der Waals surface area contributed by atoms with Gasteiger partial charge >= 0.3 is 0 Å². The van der Waals surface area contributed by atoms with E-state index < -0.39 is 0 Å². The van der Waals surface area contributed by atoms with Crippen molar-refractivity contribution in [1.29, 1.82) is 0 Å².